The number of fused-ring (bicyclic) bond motifs is 1. The standard InChI is InChI=1S/C15H9BrClN3O3/c16-9-3-4-12-19-10(6-13(21)20(12)7-9)8-23-15(22)11-2-1-5-18-14(11)17/h1-7H,8H2. The minimum absolute atomic E-state index is 0.0638. The number of pyridine rings is 2. The van der Waals surface area contributed by atoms with Gasteiger partial charge >= 0.3 is 5.97 Å². The summed E-state index contributed by atoms with van der Waals surface area (Å²) in [6.45, 7) is -0.133. The molecule has 0 bridgehead atoms. The van der Waals surface area contributed by atoms with Gasteiger partial charge in [0.15, 0.2) is 0 Å². The van der Waals surface area contributed by atoms with E-state index in [9.17, 15) is 9.59 Å². The minimum atomic E-state index is -0.624. The van der Waals surface area contributed by atoms with Crippen molar-refractivity contribution in [1.82, 2.24) is 14.4 Å². The SMILES string of the molecule is O=C(OCc1cc(=O)n2cc(Br)ccc2n1)c1cccnc1Cl. The molecule has 3 aromatic rings. The zero-order valence-corrected chi connectivity index (χ0v) is 13.9. The first kappa shape index (κ1) is 15.6. The molecule has 0 aliphatic rings. The van der Waals surface area contributed by atoms with E-state index < -0.39 is 5.97 Å². The number of hydrogen-bond donors (Lipinski definition) is 0. The Balaban J connectivity index is 1.82. The molecule has 0 aliphatic carbocycles. The Morgan fingerprint density at radius 1 is 1.35 bits per heavy atom. The zero-order valence-electron chi connectivity index (χ0n) is 11.6. The van der Waals surface area contributed by atoms with E-state index >= 15 is 0 Å². The molecule has 0 atom stereocenters. The molecule has 0 saturated heterocycles. The second-order valence-electron chi connectivity index (χ2n) is 4.58. The van der Waals surface area contributed by atoms with Crippen molar-refractivity contribution in [3.8, 4) is 0 Å². The summed E-state index contributed by atoms with van der Waals surface area (Å²) >= 11 is 9.13. The van der Waals surface area contributed by atoms with Crippen molar-refractivity contribution in [2.24, 2.45) is 0 Å². The maximum Gasteiger partial charge on any atom is 0.341 e. The summed E-state index contributed by atoms with van der Waals surface area (Å²) in [4.78, 5) is 32.1. The predicted molar refractivity (Wildman–Crippen MR) is 87.5 cm³/mol. The van der Waals surface area contributed by atoms with E-state index in [1.165, 1.54) is 22.7 Å². The molecule has 0 N–H and O–H groups in total. The maximum absolute atomic E-state index is 12.1. The van der Waals surface area contributed by atoms with Gasteiger partial charge in [0, 0.05) is 22.9 Å². The van der Waals surface area contributed by atoms with Gasteiger partial charge in [-0.2, -0.15) is 0 Å². The van der Waals surface area contributed by atoms with Crippen LogP contribution in [0.1, 0.15) is 16.1 Å². The van der Waals surface area contributed by atoms with Gasteiger partial charge in [0.1, 0.15) is 17.4 Å². The molecule has 0 fully saturated rings. The van der Waals surface area contributed by atoms with Crippen LogP contribution in [0.2, 0.25) is 5.15 Å². The second kappa shape index (κ2) is 6.47. The topological polar surface area (TPSA) is 73.6 Å². The minimum Gasteiger partial charge on any atom is -0.455 e. The summed E-state index contributed by atoms with van der Waals surface area (Å²) in [5.41, 5.74) is 0.717. The number of nitrogens with zero attached hydrogens (tertiary/aromatic N) is 3. The lowest BCUT2D eigenvalue weighted by Crippen LogP contribution is -2.16. The van der Waals surface area contributed by atoms with Gasteiger partial charge in [-0.1, -0.05) is 11.6 Å². The van der Waals surface area contributed by atoms with Crippen molar-refractivity contribution in [1.29, 1.82) is 0 Å². The molecular formula is C15H9BrClN3O3. The normalized spacial score (nSPS) is 10.7. The molecule has 3 heterocycles. The zero-order chi connectivity index (χ0) is 16.4. The summed E-state index contributed by atoms with van der Waals surface area (Å²) < 4.78 is 7.30. The van der Waals surface area contributed by atoms with Crippen molar-refractivity contribution >= 4 is 39.1 Å². The molecule has 3 rings (SSSR count). The highest BCUT2D eigenvalue weighted by Crippen LogP contribution is 2.14. The van der Waals surface area contributed by atoms with E-state index in [-0.39, 0.29) is 22.9 Å². The molecule has 0 amide bonds. The molecule has 3 aromatic heterocycles. The largest absolute Gasteiger partial charge is 0.455 e. The van der Waals surface area contributed by atoms with Crippen LogP contribution in [0.3, 0.4) is 0 Å². The lowest BCUT2D eigenvalue weighted by atomic mass is 10.3. The summed E-state index contributed by atoms with van der Waals surface area (Å²) in [5, 5.41) is 0.0638. The maximum atomic E-state index is 12.1. The number of rotatable bonds is 3. The van der Waals surface area contributed by atoms with E-state index in [1.54, 1.807) is 24.4 Å². The molecule has 23 heavy (non-hydrogen) atoms. The first-order chi connectivity index (χ1) is 11.0. The highest BCUT2D eigenvalue weighted by molar-refractivity contribution is 9.10. The highest BCUT2D eigenvalue weighted by atomic mass is 79.9. The van der Waals surface area contributed by atoms with Gasteiger partial charge in [0.05, 0.1) is 11.3 Å². The van der Waals surface area contributed by atoms with Gasteiger partial charge < -0.3 is 4.74 Å². The number of esters is 1. The van der Waals surface area contributed by atoms with Crippen molar-refractivity contribution in [3.05, 3.63) is 74.0 Å². The van der Waals surface area contributed by atoms with Crippen LogP contribution < -0.4 is 5.56 Å². The summed E-state index contributed by atoms with van der Waals surface area (Å²) in [6.07, 6.45) is 3.10. The monoisotopic (exact) mass is 393 g/mol. The average Bonchev–Trinajstić information content (AvgIpc) is 2.54. The first-order valence-corrected chi connectivity index (χ1v) is 7.67. The summed E-state index contributed by atoms with van der Waals surface area (Å²) in [6, 6.07) is 7.87. The third kappa shape index (κ3) is 3.40. The number of ether oxygens (including phenoxy) is 1. The Morgan fingerprint density at radius 3 is 2.96 bits per heavy atom. The fourth-order valence-corrected chi connectivity index (χ4v) is 2.49. The van der Waals surface area contributed by atoms with E-state index in [4.69, 9.17) is 16.3 Å². The smallest absolute Gasteiger partial charge is 0.341 e. The first-order valence-electron chi connectivity index (χ1n) is 6.50. The molecular weight excluding hydrogens is 386 g/mol. The number of aromatic nitrogens is 3. The predicted octanol–water partition coefficient (Wildman–Crippen LogP) is 2.86. The average molecular weight is 395 g/mol. The molecule has 116 valence electrons. The second-order valence-corrected chi connectivity index (χ2v) is 5.85. The Hall–Kier alpha value is -2.25. The number of halogens is 2. The molecule has 0 aliphatic heterocycles. The Kier molecular flexibility index (Phi) is 4.40. The number of carbonyl (C=O) groups excluding carboxylic acids is 1. The molecule has 6 nitrogen and oxygen atoms in total. The van der Waals surface area contributed by atoms with E-state index in [0.717, 1.165) is 4.47 Å². The quantitative estimate of drug-likeness (QED) is 0.504. The molecule has 0 spiro atoms. The van der Waals surface area contributed by atoms with Crippen molar-refractivity contribution in [2.45, 2.75) is 6.61 Å². The highest BCUT2D eigenvalue weighted by Gasteiger charge is 2.13. The Labute approximate surface area is 143 Å². The van der Waals surface area contributed by atoms with E-state index in [0.29, 0.717) is 11.3 Å². The van der Waals surface area contributed by atoms with Gasteiger partial charge in [-0.05, 0) is 40.2 Å². The van der Waals surface area contributed by atoms with Crippen molar-refractivity contribution < 1.29 is 9.53 Å². The lowest BCUT2D eigenvalue weighted by molar-refractivity contribution is 0.0467. The summed E-state index contributed by atoms with van der Waals surface area (Å²) in [7, 11) is 0. The molecule has 0 saturated carbocycles. The van der Waals surface area contributed by atoms with Crippen LogP contribution in [0.5, 0.6) is 0 Å². The van der Waals surface area contributed by atoms with Crippen LogP contribution in [0, 0.1) is 0 Å². The van der Waals surface area contributed by atoms with Crippen LogP contribution in [0.15, 0.2) is 52.0 Å². The van der Waals surface area contributed by atoms with Crippen LogP contribution in [0.4, 0.5) is 0 Å². The van der Waals surface area contributed by atoms with Gasteiger partial charge in [0.2, 0.25) is 0 Å². The van der Waals surface area contributed by atoms with Crippen LogP contribution in [-0.2, 0) is 11.3 Å². The van der Waals surface area contributed by atoms with Crippen molar-refractivity contribution in [3.63, 3.8) is 0 Å². The van der Waals surface area contributed by atoms with Gasteiger partial charge in [0.25, 0.3) is 5.56 Å². The Bertz CT molecular complexity index is 958. The van der Waals surface area contributed by atoms with Gasteiger partial charge in [-0.15, -0.1) is 0 Å². The molecule has 0 unspecified atom stereocenters. The number of carbonyl (C=O) groups is 1. The van der Waals surface area contributed by atoms with Gasteiger partial charge in [-0.3, -0.25) is 9.20 Å². The Morgan fingerprint density at radius 2 is 2.17 bits per heavy atom. The van der Waals surface area contributed by atoms with E-state index in [1.807, 2.05) is 0 Å². The van der Waals surface area contributed by atoms with Gasteiger partial charge in [-0.25, -0.2) is 14.8 Å². The third-order valence-corrected chi connectivity index (χ3v) is 3.78. The third-order valence-electron chi connectivity index (χ3n) is 3.01. The van der Waals surface area contributed by atoms with Crippen molar-refractivity contribution in [2.75, 3.05) is 0 Å². The van der Waals surface area contributed by atoms with Crippen LogP contribution in [0.25, 0.3) is 5.65 Å². The fourth-order valence-electron chi connectivity index (χ4n) is 1.96. The van der Waals surface area contributed by atoms with Crippen LogP contribution >= 0.6 is 27.5 Å². The summed E-state index contributed by atoms with van der Waals surface area (Å²) in [5.74, 6) is -0.624. The number of hydrogen-bond acceptors (Lipinski definition) is 5. The fraction of sp³-hybridized carbons (Fsp3) is 0.0667. The molecule has 8 heteroatoms. The lowest BCUT2D eigenvalue weighted by Gasteiger charge is -2.07. The molecule has 0 radical (unpaired) electrons. The van der Waals surface area contributed by atoms with E-state index in [2.05, 4.69) is 25.9 Å². The molecule has 0 aromatic carbocycles. The van der Waals surface area contributed by atoms with Crippen LogP contribution in [-0.4, -0.2) is 20.3 Å².